The highest BCUT2D eigenvalue weighted by molar-refractivity contribution is 7.92. The third kappa shape index (κ3) is 4.73. The number of benzene rings is 2. The Morgan fingerprint density at radius 2 is 1.70 bits per heavy atom. The van der Waals surface area contributed by atoms with Gasteiger partial charge in [-0.1, -0.05) is 0 Å². The molecule has 0 N–H and O–H groups in total. The number of rotatable bonds is 8. The molecule has 0 fully saturated rings. The van der Waals surface area contributed by atoms with Gasteiger partial charge in [-0.25, -0.2) is 8.42 Å². The van der Waals surface area contributed by atoms with Crippen molar-refractivity contribution >= 4 is 27.4 Å². The van der Waals surface area contributed by atoms with E-state index in [9.17, 15) is 23.3 Å². The second kappa shape index (κ2) is 8.49. The minimum atomic E-state index is -4.16. The van der Waals surface area contributed by atoms with Crippen LogP contribution in [0.4, 0.5) is 11.4 Å². The molecule has 2 rings (SSSR count). The third-order valence-electron chi connectivity index (χ3n) is 3.57. The molecule has 0 saturated carbocycles. The molecule has 0 saturated heterocycles. The number of ether oxygens (including phenoxy) is 2. The Kier molecular flexibility index (Phi) is 6.35. The highest BCUT2D eigenvalue weighted by Gasteiger charge is 2.28. The van der Waals surface area contributed by atoms with E-state index >= 15 is 0 Å². The lowest BCUT2D eigenvalue weighted by Crippen LogP contribution is -2.36. The van der Waals surface area contributed by atoms with E-state index in [4.69, 9.17) is 4.74 Å². The Bertz CT molecular complexity index is 909. The van der Waals surface area contributed by atoms with Crippen molar-refractivity contribution in [3.05, 3.63) is 58.6 Å². The normalized spacial score (nSPS) is 10.9. The number of hydrogen-bond acceptors (Lipinski definition) is 7. The van der Waals surface area contributed by atoms with Crippen LogP contribution in [0.15, 0.2) is 53.4 Å². The summed E-state index contributed by atoms with van der Waals surface area (Å²) in [7, 11) is -3.01. The maximum atomic E-state index is 13.0. The lowest BCUT2D eigenvalue weighted by molar-refractivity contribution is -0.384. The lowest BCUT2D eigenvalue weighted by atomic mass is 10.3. The molecule has 9 nitrogen and oxygen atoms in total. The maximum Gasteiger partial charge on any atom is 0.326 e. The summed E-state index contributed by atoms with van der Waals surface area (Å²) in [6.07, 6.45) is 0. The highest BCUT2D eigenvalue weighted by atomic mass is 32.2. The van der Waals surface area contributed by atoms with Gasteiger partial charge in [0.25, 0.3) is 15.7 Å². The smallest absolute Gasteiger partial charge is 0.326 e. The fourth-order valence-corrected chi connectivity index (χ4v) is 3.65. The number of carbonyl (C=O) groups is 1. The maximum absolute atomic E-state index is 13.0. The van der Waals surface area contributed by atoms with Crippen molar-refractivity contribution < 1.29 is 27.6 Å². The summed E-state index contributed by atoms with van der Waals surface area (Å²) in [5.41, 5.74) is -0.0169. The monoisotopic (exact) mass is 394 g/mol. The van der Waals surface area contributed by atoms with Crippen molar-refractivity contribution in [3.8, 4) is 5.75 Å². The predicted octanol–water partition coefficient (Wildman–Crippen LogP) is 2.36. The van der Waals surface area contributed by atoms with E-state index in [2.05, 4.69) is 4.74 Å². The first-order chi connectivity index (χ1) is 12.8. The number of nitro benzene ring substituents is 1. The van der Waals surface area contributed by atoms with Crippen molar-refractivity contribution in [3.63, 3.8) is 0 Å². The topological polar surface area (TPSA) is 116 Å². The van der Waals surface area contributed by atoms with Gasteiger partial charge in [0.1, 0.15) is 12.3 Å². The van der Waals surface area contributed by atoms with Crippen LogP contribution in [0.5, 0.6) is 5.75 Å². The molecule has 0 atom stereocenters. The molecule has 0 radical (unpaired) electrons. The molecule has 0 unspecified atom stereocenters. The Morgan fingerprint density at radius 3 is 2.19 bits per heavy atom. The molecule has 10 heteroatoms. The number of methoxy groups -OCH3 is 1. The number of sulfonamides is 1. The van der Waals surface area contributed by atoms with Gasteiger partial charge < -0.3 is 9.47 Å². The first-order valence-electron chi connectivity index (χ1n) is 7.86. The number of esters is 1. The molecular weight excluding hydrogens is 376 g/mol. The van der Waals surface area contributed by atoms with Gasteiger partial charge in [0, 0.05) is 12.1 Å². The van der Waals surface area contributed by atoms with Crippen molar-refractivity contribution in [1.82, 2.24) is 0 Å². The van der Waals surface area contributed by atoms with Crippen LogP contribution in [0, 0.1) is 10.1 Å². The van der Waals surface area contributed by atoms with Crippen LogP contribution < -0.4 is 9.04 Å². The molecule has 0 spiro atoms. The highest BCUT2D eigenvalue weighted by Crippen LogP contribution is 2.27. The van der Waals surface area contributed by atoms with Gasteiger partial charge in [-0.2, -0.15) is 0 Å². The SMILES string of the molecule is CCOc1ccc(N(CC(=O)OC)S(=O)(=O)c2ccc([N+](=O)[O-])cc2)cc1. The summed E-state index contributed by atoms with van der Waals surface area (Å²) in [6, 6.07) is 10.6. The van der Waals surface area contributed by atoms with Gasteiger partial charge in [-0.3, -0.25) is 19.2 Å². The van der Waals surface area contributed by atoms with Gasteiger partial charge >= 0.3 is 5.97 Å². The van der Waals surface area contributed by atoms with Crippen molar-refractivity contribution in [2.24, 2.45) is 0 Å². The Labute approximate surface area is 156 Å². The molecule has 0 amide bonds. The molecule has 2 aromatic rings. The van der Waals surface area contributed by atoms with Crippen LogP contribution in [0.2, 0.25) is 0 Å². The van der Waals surface area contributed by atoms with E-state index in [-0.39, 0.29) is 16.3 Å². The number of anilines is 1. The van der Waals surface area contributed by atoms with Crippen LogP contribution in [0.1, 0.15) is 6.92 Å². The average Bonchev–Trinajstić information content (AvgIpc) is 2.66. The zero-order valence-corrected chi connectivity index (χ0v) is 15.5. The molecule has 0 aromatic heterocycles. The molecule has 2 aromatic carbocycles. The van der Waals surface area contributed by atoms with E-state index in [1.54, 1.807) is 12.1 Å². The summed E-state index contributed by atoms with van der Waals surface area (Å²) in [5, 5.41) is 10.8. The number of nitrogens with zero attached hydrogens (tertiary/aromatic N) is 2. The molecule has 144 valence electrons. The summed E-state index contributed by atoms with van der Waals surface area (Å²) in [4.78, 5) is 21.7. The van der Waals surface area contributed by atoms with E-state index in [1.165, 1.54) is 12.1 Å². The molecular formula is C17H18N2O7S. The third-order valence-corrected chi connectivity index (χ3v) is 5.36. The lowest BCUT2D eigenvalue weighted by Gasteiger charge is -2.23. The second-order valence-corrected chi connectivity index (χ2v) is 7.13. The second-order valence-electron chi connectivity index (χ2n) is 5.27. The molecule has 0 bridgehead atoms. The standard InChI is InChI=1S/C17H18N2O7S/c1-3-26-15-8-4-13(5-9-15)18(12-17(20)25-2)27(23,24)16-10-6-14(7-11-16)19(21)22/h4-11H,3,12H2,1-2H3. The molecule has 0 aliphatic rings. The molecule has 0 aliphatic heterocycles. The zero-order chi connectivity index (χ0) is 20.0. The molecule has 0 heterocycles. The Hall–Kier alpha value is -3.14. The minimum Gasteiger partial charge on any atom is -0.494 e. The fraction of sp³-hybridized carbons (Fsp3) is 0.235. The van der Waals surface area contributed by atoms with E-state index in [1.807, 2.05) is 6.92 Å². The van der Waals surface area contributed by atoms with Crippen molar-refractivity contribution in [1.29, 1.82) is 0 Å². The van der Waals surface area contributed by atoms with Crippen LogP contribution in [-0.2, 0) is 19.6 Å². The first kappa shape index (κ1) is 20.2. The summed E-state index contributed by atoms with van der Waals surface area (Å²) >= 11 is 0. The van der Waals surface area contributed by atoms with Gasteiger partial charge in [-0.15, -0.1) is 0 Å². The summed E-state index contributed by atoms with van der Waals surface area (Å²) < 4.78 is 36.8. The number of hydrogen-bond donors (Lipinski definition) is 0. The van der Waals surface area contributed by atoms with Crippen molar-refractivity contribution in [2.75, 3.05) is 24.6 Å². The van der Waals surface area contributed by atoms with Gasteiger partial charge in [0.2, 0.25) is 0 Å². The Morgan fingerprint density at radius 1 is 1.11 bits per heavy atom. The van der Waals surface area contributed by atoms with E-state index in [0.29, 0.717) is 12.4 Å². The first-order valence-corrected chi connectivity index (χ1v) is 9.30. The van der Waals surface area contributed by atoms with Crippen LogP contribution in [0.25, 0.3) is 0 Å². The molecule has 27 heavy (non-hydrogen) atoms. The zero-order valence-electron chi connectivity index (χ0n) is 14.7. The minimum absolute atomic E-state index is 0.189. The number of nitro groups is 1. The number of non-ortho nitro benzene ring substituents is 1. The van der Waals surface area contributed by atoms with E-state index < -0.39 is 27.5 Å². The van der Waals surface area contributed by atoms with Gasteiger partial charge in [0.05, 0.1) is 29.2 Å². The van der Waals surface area contributed by atoms with Gasteiger partial charge in [-0.05, 0) is 43.3 Å². The predicted molar refractivity (Wildman–Crippen MR) is 97.3 cm³/mol. The largest absolute Gasteiger partial charge is 0.494 e. The van der Waals surface area contributed by atoms with E-state index in [0.717, 1.165) is 35.7 Å². The van der Waals surface area contributed by atoms with Crippen molar-refractivity contribution in [2.45, 2.75) is 11.8 Å². The average molecular weight is 394 g/mol. The van der Waals surface area contributed by atoms with Crippen LogP contribution >= 0.6 is 0 Å². The summed E-state index contributed by atoms with van der Waals surface area (Å²) in [6.45, 7) is 1.71. The fourth-order valence-electron chi connectivity index (χ4n) is 2.24. The Balaban J connectivity index is 2.44. The molecule has 0 aliphatic carbocycles. The van der Waals surface area contributed by atoms with Crippen LogP contribution in [0.3, 0.4) is 0 Å². The summed E-state index contributed by atoms with van der Waals surface area (Å²) in [5.74, 6) is -0.207. The number of carbonyl (C=O) groups excluding carboxylic acids is 1. The quantitative estimate of drug-likeness (QED) is 0.383. The van der Waals surface area contributed by atoms with Gasteiger partial charge in [0.15, 0.2) is 0 Å². The van der Waals surface area contributed by atoms with Crippen LogP contribution in [-0.4, -0.2) is 39.6 Å².